The van der Waals surface area contributed by atoms with Crippen molar-refractivity contribution in [1.29, 1.82) is 0 Å². The van der Waals surface area contributed by atoms with Crippen LogP contribution in [0.3, 0.4) is 0 Å². The Bertz CT molecular complexity index is 1980. The SMILES string of the molecule is C[C@@]12C[C@@H](F)CN(C1)c1nc(OC[C@@]34CCCN3C[C@H](F)C4)nc3c(F)c(ncc13)-c1cc(N)cc3ccc(F)c(c13)CCCOC(=O)N2. The summed E-state index contributed by atoms with van der Waals surface area (Å²) in [5.74, 6) is -1.14. The molecule has 0 aliphatic carbocycles. The number of benzene rings is 2. The molecule has 5 aliphatic heterocycles. The van der Waals surface area contributed by atoms with Gasteiger partial charge in [0.05, 0.1) is 29.6 Å². The second kappa shape index (κ2) is 11.9. The number of nitrogens with zero attached hydrogens (tertiary/aromatic N) is 5. The standard InChI is InChI=1S/C35H37F4N7O3/c1-34-12-20(36)15-45(17-34)31-25-14-41-29(28(39)30(25)42-32(43-31)49-18-35-7-3-8-46(35)16-21(37)13-35)24-11-22(40)10-19-5-6-26(38)23(27(19)24)4-2-9-48-33(47)44-34/h5-6,10-11,14,20-21H,2-4,7-9,12-13,15-18,40H2,1H3,(H,44,47)/t20-,21-,34-,35+/m1/s1. The fraction of sp³-hybridized carbons (Fsp3) is 0.486. The highest BCUT2D eigenvalue weighted by molar-refractivity contribution is 6.02. The lowest BCUT2D eigenvalue weighted by molar-refractivity contribution is 0.107. The Balaban J connectivity index is 1.32. The van der Waals surface area contributed by atoms with Crippen LogP contribution in [0.1, 0.15) is 44.6 Å². The van der Waals surface area contributed by atoms with Gasteiger partial charge in [0.15, 0.2) is 5.82 Å². The van der Waals surface area contributed by atoms with Crippen molar-refractivity contribution in [3.8, 4) is 17.3 Å². The second-order valence-electron chi connectivity index (χ2n) is 14.2. The highest BCUT2D eigenvalue weighted by Gasteiger charge is 2.49. The van der Waals surface area contributed by atoms with E-state index in [4.69, 9.17) is 15.2 Å². The predicted molar refractivity (Wildman–Crippen MR) is 176 cm³/mol. The Hall–Kier alpha value is -4.46. The van der Waals surface area contributed by atoms with Crippen LogP contribution in [0.25, 0.3) is 32.9 Å². The van der Waals surface area contributed by atoms with Crippen LogP contribution in [0.4, 0.5) is 33.9 Å². The quantitative estimate of drug-likeness (QED) is 0.210. The van der Waals surface area contributed by atoms with Crippen molar-refractivity contribution in [2.45, 2.75) is 68.9 Å². The van der Waals surface area contributed by atoms with Crippen molar-refractivity contribution in [1.82, 2.24) is 25.2 Å². The molecule has 2 aromatic heterocycles. The largest absolute Gasteiger partial charge is 0.461 e. The Morgan fingerprint density at radius 3 is 2.82 bits per heavy atom. The molecule has 9 rings (SSSR count). The number of pyridine rings is 1. The number of amides is 1. The zero-order valence-electron chi connectivity index (χ0n) is 27.1. The van der Waals surface area contributed by atoms with Gasteiger partial charge in [-0.3, -0.25) is 9.88 Å². The summed E-state index contributed by atoms with van der Waals surface area (Å²) in [6, 6.07) is 5.97. The van der Waals surface area contributed by atoms with Gasteiger partial charge in [0.25, 0.3) is 0 Å². The molecule has 2 aromatic carbocycles. The number of nitrogens with two attached hydrogens (primary N) is 1. The Morgan fingerprint density at radius 1 is 1.12 bits per heavy atom. The van der Waals surface area contributed by atoms with Crippen LogP contribution >= 0.6 is 0 Å². The number of hydrogen-bond donors (Lipinski definition) is 2. The summed E-state index contributed by atoms with van der Waals surface area (Å²) in [7, 11) is 0. The third kappa shape index (κ3) is 5.63. The molecule has 3 N–H and O–H groups in total. The lowest BCUT2D eigenvalue weighted by Crippen LogP contribution is -2.60. The van der Waals surface area contributed by atoms with E-state index < -0.39 is 41.1 Å². The number of carbonyl (C=O) groups excluding carboxylic acids is 1. The van der Waals surface area contributed by atoms with E-state index in [-0.39, 0.29) is 79.6 Å². The molecule has 0 spiro atoms. The van der Waals surface area contributed by atoms with Crippen molar-refractivity contribution < 1.29 is 31.8 Å². The summed E-state index contributed by atoms with van der Waals surface area (Å²) in [5.41, 5.74) is 5.32. The summed E-state index contributed by atoms with van der Waals surface area (Å²) < 4.78 is 74.2. The van der Waals surface area contributed by atoms with Gasteiger partial charge in [-0.05, 0) is 73.7 Å². The number of carbonyl (C=O) groups is 1. The molecular formula is C35H37F4N7O3. The van der Waals surface area contributed by atoms with Crippen LogP contribution in [0.15, 0.2) is 30.5 Å². The van der Waals surface area contributed by atoms with Crippen molar-refractivity contribution in [3.63, 3.8) is 0 Å². The van der Waals surface area contributed by atoms with E-state index in [2.05, 4.69) is 25.2 Å². The van der Waals surface area contributed by atoms with Gasteiger partial charge in [0.1, 0.15) is 41.8 Å². The maximum absolute atomic E-state index is 17.0. The van der Waals surface area contributed by atoms with E-state index in [0.29, 0.717) is 35.0 Å². The molecule has 3 fully saturated rings. The average Bonchev–Trinajstić information content (AvgIpc) is 3.57. The lowest BCUT2D eigenvalue weighted by atomic mass is 9.90. The summed E-state index contributed by atoms with van der Waals surface area (Å²) in [5, 5.41) is 4.01. The smallest absolute Gasteiger partial charge is 0.407 e. The number of anilines is 2. The fourth-order valence-corrected chi connectivity index (χ4v) is 8.42. The second-order valence-corrected chi connectivity index (χ2v) is 14.2. The zero-order chi connectivity index (χ0) is 34.1. The van der Waals surface area contributed by atoms with Gasteiger partial charge < -0.3 is 25.4 Å². The molecule has 3 saturated heterocycles. The van der Waals surface area contributed by atoms with Crippen LogP contribution in [0.5, 0.6) is 6.01 Å². The number of nitrogen functional groups attached to an aromatic ring is 1. The maximum Gasteiger partial charge on any atom is 0.407 e. The Labute approximate surface area is 280 Å². The number of fused-ring (bicyclic) bond motifs is 7. The molecule has 14 heteroatoms. The van der Waals surface area contributed by atoms with Crippen molar-refractivity contribution >= 4 is 39.3 Å². The van der Waals surface area contributed by atoms with E-state index in [0.717, 1.165) is 19.4 Å². The van der Waals surface area contributed by atoms with Gasteiger partial charge in [0, 0.05) is 43.4 Å². The highest BCUT2D eigenvalue weighted by Crippen LogP contribution is 2.42. The Kier molecular flexibility index (Phi) is 7.69. The molecule has 258 valence electrons. The number of aryl methyl sites for hydroxylation is 1. The summed E-state index contributed by atoms with van der Waals surface area (Å²) in [4.78, 5) is 30.4. The molecule has 4 atom stereocenters. The first-order chi connectivity index (χ1) is 23.5. The molecule has 0 radical (unpaired) electrons. The molecule has 0 unspecified atom stereocenters. The van der Waals surface area contributed by atoms with Gasteiger partial charge in [0.2, 0.25) is 0 Å². The Morgan fingerprint density at radius 2 is 1.96 bits per heavy atom. The van der Waals surface area contributed by atoms with Crippen molar-refractivity contribution in [3.05, 3.63) is 47.7 Å². The first-order valence-corrected chi connectivity index (χ1v) is 16.7. The molecule has 1 amide bonds. The molecule has 7 heterocycles. The van der Waals surface area contributed by atoms with E-state index in [1.807, 2.05) is 0 Å². The summed E-state index contributed by atoms with van der Waals surface area (Å²) in [6.07, 6.45) is 0.737. The molecule has 4 aromatic rings. The van der Waals surface area contributed by atoms with Gasteiger partial charge in [-0.2, -0.15) is 9.97 Å². The summed E-state index contributed by atoms with van der Waals surface area (Å²) >= 11 is 0. The highest BCUT2D eigenvalue weighted by atomic mass is 19.1. The zero-order valence-corrected chi connectivity index (χ0v) is 27.1. The number of aromatic nitrogens is 3. The van der Waals surface area contributed by atoms with Crippen molar-refractivity contribution in [2.75, 3.05) is 50.0 Å². The number of hydrogen-bond acceptors (Lipinski definition) is 9. The molecule has 0 saturated carbocycles. The summed E-state index contributed by atoms with van der Waals surface area (Å²) in [6.45, 7) is 2.88. The van der Waals surface area contributed by atoms with Crippen LogP contribution in [-0.2, 0) is 11.2 Å². The molecular weight excluding hydrogens is 642 g/mol. The van der Waals surface area contributed by atoms with E-state index in [9.17, 15) is 9.18 Å². The van der Waals surface area contributed by atoms with Gasteiger partial charge in [-0.25, -0.2) is 22.4 Å². The first-order valence-electron chi connectivity index (χ1n) is 16.7. The normalized spacial score (nSPS) is 27.4. The lowest BCUT2D eigenvalue weighted by Gasteiger charge is -2.42. The minimum Gasteiger partial charge on any atom is -0.461 e. The van der Waals surface area contributed by atoms with Crippen molar-refractivity contribution in [2.24, 2.45) is 0 Å². The monoisotopic (exact) mass is 679 g/mol. The number of nitrogens with one attached hydrogen (secondary N) is 1. The topological polar surface area (TPSA) is 119 Å². The van der Waals surface area contributed by atoms with E-state index >= 15 is 13.2 Å². The van der Waals surface area contributed by atoms with E-state index in [1.54, 1.807) is 30.0 Å². The fourth-order valence-electron chi connectivity index (χ4n) is 8.42. The minimum atomic E-state index is -1.38. The van der Waals surface area contributed by atoms with E-state index in [1.165, 1.54) is 12.3 Å². The molecule has 10 nitrogen and oxygen atoms in total. The third-order valence-electron chi connectivity index (χ3n) is 10.5. The predicted octanol–water partition coefficient (Wildman–Crippen LogP) is 5.64. The number of ether oxygens (including phenoxy) is 2. The molecule has 6 bridgehead atoms. The van der Waals surface area contributed by atoms with Gasteiger partial charge in [-0.1, -0.05) is 6.07 Å². The first kappa shape index (κ1) is 31.8. The van der Waals surface area contributed by atoms with Crippen LogP contribution in [-0.4, -0.2) is 88.8 Å². The third-order valence-corrected chi connectivity index (χ3v) is 10.5. The van der Waals surface area contributed by atoms with Crippen LogP contribution in [0, 0.1) is 11.6 Å². The number of piperidine rings is 1. The number of alkyl carbamates (subject to hydrolysis) is 1. The molecule has 49 heavy (non-hydrogen) atoms. The minimum absolute atomic E-state index is 0.00836. The van der Waals surface area contributed by atoms with Gasteiger partial charge in [-0.15, -0.1) is 0 Å². The number of alkyl halides is 2. The average molecular weight is 680 g/mol. The van der Waals surface area contributed by atoms with Crippen LogP contribution in [0.2, 0.25) is 0 Å². The van der Waals surface area contributed by atoms with Gasteiger partial charge >= 0.3 is 12.1 Å². The number of halogens is 4. The van der Waals surface area contributed by atoms with Crippen LogP contribution < -0.4 is 20.7 Å². The maximum atomic E-state index is 17.0. The number of rotatable bonds is 3. The molecule has 5 aliphatic rings.